The van der Waals surface area contributed by atoms with E-state index in [0.717, 1.165) is 38.9 Å². The monoisotopic (exact) mass is 680 g/mol. The molecule has 0 aliphatic rings. The summed E-state index contributed by atoms with van der Waals surface area (Å²) < 4.78 is 9.16. The molecule has 0 aliphatic heterocycles. The molecule has 0 saturated carbocycles. The molecule has 11 rings (SSSR count). The van der Waals surface area contributed by atoms with Crippen molar-refractivity contribution in [2.75, 3.05) is 0 Å². The van der Waals surface area contributed by atoms with Crippen LogP contribution in [0.2, 0.25) is 0 Å². The fraction of sp³-hybridized carbons (Fsp3) is 0. The summed E-state index contributed by atoms with van der Waals surface area (Å²) in [6.07, 6.45) is 1.66. The van der Waals surface area contributed by atoms with E-state index in [-0.39, 0.29) is 0 Å². The Kier molecular flexibility index (Phi) is 6.42. The van der Waals surface area contributed by atoms with Gasteiger partial charge in [-0.15, -0.1) is 11.3 Å². The normalized spacial score (nSPS) is 11.8. The number of hydrogen-bond donors (Lipinski definition) is 0. The number of thiophene rings is 1. The van der Waals surface area contributed by atoms with Crippen LogP contribution in [0, 0.1) is 0 Å². The van der Waals surface area contributed by atoms with Gasteiger partial charge in [0.1, 0.15) is 23.1 Å². The van der Waals surface area contributed by atoms with Crippen LogP contribution in [0.25, 0.3) is 108 Å². The van der Waals surface area contributed by atoms with Crippen molar-refractivity contribution in [2.24, 2.45) is 0 Å². The first kappa shape index (κ1) is 29.1. The molecule has 0 N–H and O–H groups in total. The summed E-state index contributed by atoms with van der Waals surface area (Å²) in [4.78, 5) is 9.56. The van der Waals surface area contributed by atoms with E-state index >= 15 is 0 Å². The first-order valence-electron chi connectivity index (χ1n) is 17.5. The van der Waals surface area contributed by atoms with Crippen LogP contribution in [0.15, 0.2) is 175 Å². The Balaban J connectivity index is 1.03. The second-order valence-electron chi connectivity index (χ2n) is 13.3. The van der Waals surface area contributed by atoms with Gasteiger partial charge in [0.25, 0.3) is 0 Å². The van der Waals surface area contributed by atoms with Crippen LogP contribution in [0.5, 0.6) is 0 Å². The second kappa shape index (κ2) is 11.5. The van der Waals surface area contributed by atoms with Gasteiger partial charge in [-0.2, -0.15) is 0 Å². The van der Waals surface area contributed by atoms with Crippen molar-refractivity contribution in [3.05, 3.63) is 170 Å². The minimum atomic E-state index is 0.697. The number of nitrogens with zero attached hydrogens (tertiary/aromatic N) is 2. The molecular formula is C48H28N2OS. The maximum atomic E-state index is 6.57. The Labute approximate surface area is 303 Å². The highest BCUT2D eigenvalue weighted by atomic mass is 32.1. The minimum Gasteiger partial charge on any atom is -0.452 e. The van der Waals surface area contributed by atoms with Crippen molar-refractivity contribution in [1.29, 1.82) is 0 Å². The molecule has 0 bridgehead atoms. The summed E-state index contributed by atoms with van der Waals surface area (Å²) in [5.41, 5.74) is 11.2. The maximum Gasteiger partial charge on any atom is 0.180 e. The molecule has 0 aliphatic carbocycles. The highest BCUT2D eigenvalue weighted by molar-refractivity contribution is 7.26. The molecule has 3 nitrogen and oxygen atoms in total. The molecule has 0 fully saturated rings. The largest absolute Gasteiger partial charge is 0.452 e. The van der Waals surface area contributed by atoms with Gasteiger partial charge in [0.05, 0.1) is 0 Å². The van der Waals surface area contributed by atoms with E-state index in [1.54, 1.807) is 6.33 Å². The summed E-state index contributed by atoms with van der Waals surface area (Å²) in [5.74, 6) is 0. The van der Waals surface area contributed by atoms with Gasteiger partial charge < -0.3 is 4.42 Å². The van der Waals surface area contributed by atoms with E-state index in [1.165, 1.54) is 64.0 Å². The molecule has 3 heterocycles. The third-order valence-corrected chi connectivity index (χ3v) is 11.6. The van der Waals surface area contributed by atoms with Crippen molar-refractivity contribution in [2.45, 2.75) is 0 Å². The molecular weight excluding hydrogens is 653 g/mol. The molecule has 0 atom stereocenters. The fourth-order valence-corrected chi connectivity index (χ4v) is 9.25. The smallest absolute Gasteiger partial charge is 0.180 e. The Morgan fingerprint density at radius 2 is 1.06 bits per heavy atom. The summed E-state index contributed by atoms with van der Waals surface area (Å²) >= 11 is 1.85. The van der Waals surface area contributed by atoms with Crippen molar-refractivity contribution in [3.8, 4) is 44.6 Å². The lowest BCUT2D eigenvalue weighted by molar-refractivity contribution is 0.667. The lowest BCUT2D eigenvalue weighted by atomic mass is 9.90. The van der Waals surface area contributed by atoms with Gasteiger partial charge in [0.2, 0.25) is 0 Å². The molecule has 0 spiro atoms. The second-order valence-corrected chi connectivity index (χ2v) is 14.4. The summed E-state index contributed by atoms with van der Waals surface area (Å²) in [6.45, 7) is 0. The molecule has 52 heavy (non-hydrogen) atoms. The number of furan rings is 1. The highest BCUT2D eigenvalue weighted by Crippen LogP contribution is 2.43. The Morgan fingerprint density at radius 3 is 1.96 bits per heavy atom. The van der Waals surface area contributed by atoms with Gasteiger partial charge in [-0.1, -0.05) is 140 Å². The van der Waals surface area contributed by atoms with E-state index in [4.69, 9.17) is 14.4 Å². The average Bonchev–Trinajstić information content (AvgIpc) is 3.78. The van der Waals surface area contributed by atoms with Crippen molar-refractivity contribution in [3.63, 3.8) is 0 Å². The first-order chi connectivity index (χ1) is 25.8. The zero-order chi connectivity index (χ0) is 34.2. The van der Waals surface area contributed by atoms with E-state index in [2.05, 4.69) is 164 Å². The van der Waals surface area contributed by atoms with E-state index < -0.39 is 0 Å². The van der Waals surface area contributed by atoms with Crippen LogP contribution >= 0.6 is 11.3 Å². The summed E-state index contributed by atoms with van der Waals surface area (Å²) in [5, 5.41) is 8.50. The molecule has 0 saturated heterocycles. The highest BCUT2D eigenvalue weighted by Gasteiger charge is 2.18. The predicted molar refractivity (Wildman–Crippen MR) is 219 cm³/mol. The molecule has 0 amide bonds. The van der Waals surface area contributed by atoms with E-state index in [1.807, 2.05) is 11.3 Å². The molecule has 0 unspecified atom stereocenters. The molecule has 242 valence electrons. The number of rotatable bonds is 4. The zero-order valence-electron chi connectivity index (χ0n) is 27.9. The summed E-state index contributed by atoms with van der Waals surface area (Å²) in [7, 11) is 0. The van der Waals surface area contributed by atoms with Crippen LogP contribution in [0.4, 0.5) is 0 Å². The van der Waals surface area contributed by atoms with Crippen molar-refractivity contribution >= 4 is 75.1 Å². The average molecular weight is 681 g/mol. The molecule has 11 aromatic rings. The minimum absolute atomic E-state index is 0.697. The van der Waals surface area contributed by atoms with Gasteiger partial charge in [-0.25, -0.2) is 9.97 Å². The standard InChI is InChI=1S/C48H28N2OS/c1-2-14-33-29(10-1)11-6-18-36(33)38-21-9-19-37-34(16-7-20-39(37)38)31-24-25-43-42(27-31)46-47(51-43)45(49-28-50-46)32-13-5-12-30(26-32)35-17-8-22-41-40-15-3-4-23-44(40)52-48(35)41/h1-28H. The number of fused-ring (bicyclic) bond motifs is 8. The third-order valence-electron chi connectivity index (χ3n) is 10.4. The van der Waals surface area contributed by atoms with Gasteiger partial charge in [-0.3, -0.25) is 0 Å². The third kappa shape index (κ3) is 4.45. The lowest BCUT2D eigenvalue weighted by Crippen LogP contribution is -1.88. The van der Waals surface area contributed by atoms with Gasteiger partial charge in [0, 0.05) is 31.1 Å². The van der Waals surface area contributed by atoms with E-state index in [0.29, 0.717) is 5.58 Å². The van der Waals surface area contributed by atoms with E-state index in [9.17, 15) is 0 Å². The summed E-state index contributed by atoms with van der Waals surface area (Å²) in [6, 6.07) is 58.7. The van der Waals surface area contributed by atoms with Crippen molar-refractivity contribution in [1.82, 2.24) is 9.97 Å². The van der Waals surface area contributed by atoms with Crippen LogP contribution in [0.3, 0.4) is 0 Å². The maximum absolute atomic E-state index is 6.57. The lowest BCUT2D eigenvalue weighted by Gasteiger charge is -2.13. The van der Waals surface area contributed by atoms with Gasteiger partial charge >= 0.3 is 0 Å². The Hall–Kier alpha value is -6.62. The van der Waals surface area contributed by atoms with Gasteiger partial charge in [0.15, 0.2) is 5.58 Å². The van der Waals surface area contributed by atoms with Crippen LogP contribution in [-0.2, 0) is 0 Å². The molecule has 4 heteroatoms. The SMILES string of the molecule is c1cc(-c2ncnc3c2oc2ccc(-c4cccc5c(-c6cccc7ccccc67)cccc45)cc23)cc(-c2cccc3c2sc2ccccc23)c1. The predicted octanol–water partition coefficient (Wildman–Crippen LogP) is 13.7. The number of benzene rings is 8. The van der Waals surface area contributed by atoms with Crippen molar-refractivity contribution < 1.29 is 4.42 Å². The zero-order valence-corrected chi connectivity index (χ0v) is 28.7. The van der Waals surface area contributed by atoms with Crippen LogP contribution < -0.4 is 0 Å². The topological polar surface area (TPSA) is 38.9 Å². The number of aromatic nitrogens is 2. The fourth-order valence-electron chi connectivity index (χ4n) is 8.01. The van der Waals surface area contributed by atoms with Crippen LogP contribution in [-0.4, -0.2) is 9.97 Å². The molecule has 0 radical (unpaired) electrons. The molecule has 8 aromatic carbocycles. The quantitative estimate of drug-likeness (QED) is 0.186. The Morgan fingerprint density at radius 1 is 0.423 bits per heavy atom. The van der Waals surface area contributed by atoms with Gasteiger partial charge in [-0.05, 0) is 79.2 Å². The first-order valence-corrected chi connectivity index (χ1v) is 18.3. The molecule has 3 aromatic heterocycles. The Bertz CT molecular complexity index is 3200. The number of hydrogen-bond acceptors (Lipinski definition) is 4. The van der Waals surface area contributed by atoms with Crippen LogP contribution in [0.1, 0.15) is 0 Å².